The Morgan fingerprint density at radius 3 is 2.76 bits per heavy atom. The van der Waals surface area contributed by atoms with Crippen molar-refractivity contribution in [2.24, 2.45) is 0 Å². The molecule has 0 aromatic heterocycles. The molecular weight excluding hydrogens is 278 g/mol. The number of nitrogens with zero attached hydrogens (tertiary/aromatic N) is 1. The van der Waals surface area contributed by atoms with Crippen molar-refractivity contribution in [2.75, 3.05) is 19.8 Å². The topological polar surface area (TPSA) is 87.9 Å². The summed E-state index contributed by atoms with van der Waals surface area (Å²) in [7, 11) is 0. The van der Waals surface area contributed by atoms with Crippen LogP contribution in [0.25, 0.3) is 0 Å². The molecule has 0 amide bonds. The van der Waals surface area contributed by atoms with Crippen LogP contribution in [0, 0.1) is 10.1 Å². The molecule has 0 spiro atoms. The number of hydrogen-bond donors (Lipinski definition) is 0. The number of aldehydes is 1. The monoisotopic (exact) mass is 295 g/mol. The maximum absolute atomic E-state index is 10.8. The fourth-order valence-corrected chi connectivity index (χ4v) is 2.17. The van der Waals surface area contributed by atoms with E-state index in [0.717, 1.165) is 0 Å². The van der Waals surface area contributed by atoms with Gasteiger partial charge >= 0.3 is 0 Å². The number of hydrogen-bond acceptors (Lipinski definition) is 6. The lowest BCUT2D eigenvalue weighted by Gasteiger charge is -2.21. The third-order valence-corrected chi connectivity index (χ3v) is 3.26. The average molecular weight is 295 g/mol. The summed E-state index contributed by atoms with van der Waals surface area (Å²) in [5.41, 5.74) is -0.218. The van der Waals surface area contributed by atoms with E-state index in [1.165, 1.54) is 18.2 Å². The summed E-state index contributed by atoms with van der Waals surface area (Å²) in [4.78, 5) is 21.0. The standard InChI is InChI=1S/C14H17NO6/c1-14(20-7-8-21-14)5-2-6-19-12-3-4-13(15(17)18)11(9-12)10-16/h3-4,9-10H,2,5-8H2,1H3. The third kappa shape index (κ3) is 3.99. The van der Waals surface area contributed by atoms with Crippen molar-refractivity contribution >= 4 is 12.0 Å². The SMILES string of the molecule is CC1(CCCOc2ccc([N+](=O)[O-])c(C=O)c2)OCCO1. The van der Waals surface area contributed by atoms with E-state index in [-0.39, 0.29) is 11.3 Å². The number of nitro groups is 1. The van der Waals surface area contributed by atoms with Crippen molar-refractivity contribution in [1.82, 2.24) is 0 Å². The van der Waals surface area contributed by atoms with Crippen molar-refractivity contribution in [3.63, 3.8) is 0 Å². The highest BCUT2D eigenvalue weighted by Gasteiger charge is 2.30. The summed E-state index contributed by atoms with van der Waals surface area (Å²) in [6, 6.07) is 4.12. The van der Waals surface area contributed by atoms with E-state index in [2.05, 4.69) is 0 Å². The molecule has 1 aliphatic heterocycles. The van der Waals surface area contributed by atoms with Crippen molar-refractivity contribution in [3.8, 4) is 5.75 Å². The van der Waals surface area contributed by atoms with Gasteiger partial charge in [-0.05, 0) is 25.5 Å². The summed E-state index contributed by atoms with van der Waals surface area (Å²) in [6.45, 7) is 3.50. The molecule has 7 heteroatoms. The summed E-state index contributed by atoms with van der Waals surface area (Å²) in [6.07, 6.45) is 1.86. The van der Waals surface area contributed by atoms with Crippen molar-refractivity contribution < 1.29 is 23.9 Å². The second-order valence-corrected chi connectivity index (χ2v) is 4.88. The van der Waals surface area contributed by atoms with Crippen LogP contribution in [0.3, 0.4) is 0 Å². The average Bonchev–Trinajstić information content (AvgIpc) is 2.90. The molecule has 1 aromatic rings. The lowest BCUT2D eigenvalue weighted by Crippen LogP contribution is -2.25. The number of ether oxygens (including phenoxy) is 3. The van der Waals surface area contributed by atoms with E-state index in [0.29, 0.717) is 44.7 Å². The molecule has 1 fully saturated rings. The molecule has 0 aliphatic carbocycles. The Morgan fingerprint density at radius 1 is 1.43 bits per heavy atom. The molecule has 1 saturated heterocycles. The molecule has 0 atom stereocenters. The molecule has 1 aromatic carbocycles. The Hall–Kier alpha value is -1.99. The lowest BCUT2D eigenvalue weighted by molar-refractivity contribution is -0.385. The quantitative estimate of drug-likeness (QED) is 0.332. The summed E-state index contributed by atoms with van der Waals surface area (Å²) in [5, 5.41) is 10.7. The maximum Gasteiger partial charge on any atom is 0.280 e. The number of benzene rings is 1. The largest absolute Gasteiger partial charge is 0.494 e. The van der Waals surface area contributed by atoms with E-state index in [1.807, 2.05) is 6.92 Å². The number of carbonyl (C=O) groups excluding carboxylic acids is 1. The summed E-state index contributed by atoms with van der Waals surface area (Å²) in [5.74, 6) is -0.117. The van der Waals surface area contributed by atoms with Crippen molar-refractivity contribution in [2.45, 2.75) is 25.6 Å². The molecule has 0 saturated carbocycles. The Kier molecular flexibility index (Phi) is 4.87. The third-order valence-electron chi connectivity index (χ3n) is 3.26. The molecule has 7 nitrogen and oxygen atoms in total. The Bertz CT molecular complexity index is 524. The minimum atomic E-state index is -0.594. The van der Waals surface area contributed by atoms with Gasteiger partial charge in [-0.3, -0.25) is 14.9 Å². The molecule has 21 heavy (non-hydrogen) atoms. The van der Waals surface area contributed by atoms with E-state index >= 15 is 0 Å². The Labute approximate surface area is 122 Å². The van der Waals surface area contributed by atoms with E-state index in [1.54, 1.807) is 0 Å². The lowest BCUT2D eigenvalue weighted by atomic mass is 10.1. The van der Waals surface area contributed by atoms with Crippen molar-refractivity contribution in [3.05, 3.63) is 33.9 Å². The Balaban J connectivity index is 1.86. The predicted molar refractivity (Wildman–Crippen MR) is 73.5 cm³/mol. The van der Waals surface area contributed by atoms with Crippen LogP contribution in [0.1, 0.15) is 30.1 Å². The second-order valence-electron chi connectivity index (χ2n) is 4.88. The fourth-order valence-electron chi connectivity index (χ4n) is 2.17. The second kappa shape index (κ2) is 6.64. The summed E-state index contributed by atoms with van der Waals surface area (Å²) < 4.78 is 16.4. The first-order valence-electron chi connectivity index (χ1n) is 6.68. The first kappa shape index (κ1) is 15.4. The molecule has 1 heterocycles. The van der Waals surface area contributed by atoms with Crippen LogP contribution in [0.15, 0.2) is 18.2 Å². The molecule has 0 unspecified atom stereocenters. The van der Waals surface area contributed by atoms with E-state index in [4.69, 9.17) is 14.2 Å². The molecular formula is C14H17NO6. The zero-order valence-electron chi connectivity index (χ0n) is 11.7. The smallest absolute Gasteiger partial charge is 0.280 e. The van der Waals surface area contributed by atoms with Gasteiger partial charge in [-0.2, -0.15) is 0 Å². The number of carbonyl (C=O) groups is 1. The highest BCUT2D eigenvalue weighted by molar-refractivity contribution is 5.82. The van der Waals surface area contributed by atoms with Gasteiger partial charge in [0, 0.05) is 12.5 Å². The van der Waals surface area contributed by atoms with Gasteiger partial charge < -0.3 is 14.2 Å². The van der Waals surface area contributed by atoms with Gasteiger partial charge in [-0.15, -0.1) is 0 Å². The van der Waals surface area contributed by atoms with Gasteiger partial charge in [0.1, 0.15) is 5.75 Å². The van der Waals surface area contributed by atoms with E-state index in [9.17, 15) is 14.9 Å². The maximum atomic E-state index is 10.8. The van der Waals surface area contributed by atoms with Crippen molar-refractivity contribution in [1.29, 1.82) is 0 Å². The minimum absolute atomic E-state index is 0.00641. The van der Waals surface area contributed by atoms with Gasteiger partial charge in [0.25, 0.3) is 5.69 Å². The van der Waals surface area contributed by atoms with E-state index < -0.39 is 10.7 Å². The number of nitro benzene ring substituents is 1. The Morgan fingerprint density at radius 2 is 2.14 bits per heavy atom. The molecule has 2 rings (SSSR count). The zero-order chi connectivity index (χ0) is 15.3. The zero-order valence-corrected chi connectivity index (χ0v) is 11.7. The van der Waals surface area contributed by atoms with Crippen LogP contribution in [-0.4, -0.2) is 36.8 Å². The van der Waals surface area contributed by atoms with Gasteiger partial charge in [0.2, 0.25) is 0 Å². The first-order chi connectivity index (χ1) is 10.0. The molecule has 1 aliphatic rings. The van der Waals surface area contributed by atoms with Crippen LogP contribution in [0.5, 0.6) is 5.75 Å². The molecule has 0 N–H and O–H groups in total. The van der Waals surface area contributed by atoms with Crippen LogP contribution in [0.4, 0.5) is 5.69 Å². The minimum Gasteiger partial charge on any atom is -0.494 e. The number of rotatable bonds is 7. The summed E-state index contributed by atoms with van der Waals surface area (Å²) >= 11 is 0. The van der Waals surface area contributed by atoms with Gasteiger partial charge in [0.05, 0.1) is 30.3 Å². The van der Waals surface area contributed by atoms with Crippen LogP contribution in [0.2, 0.25) is 0 Å². The van der Waals surface area contributed by atoms with Gasteiger partial charge in [0.15, 0.2) is 12.1 Å². The predicted octanol–water partition coefficient (Wildman–Crippen LogP) is 2.33. The van der Waals surface area contributed by atoms with Crippen LogP contribution < -0.4 is 4.74 Å². The molecule has 114 valence electrons. The molecule has 0 bridgehead atoms. The van der Waals surface area contributed by atoms with Crippen LogP contribution in [-0.2, 0) is 9.47 Å². The normalized spacial score (nSPS) is 16.6. The first-order valence-corrected chi connectivity index (χ1v) is 6.68. The fraction of sp³-hybridized carbons (Fsp3) is 0.500. The highest BCUT2D eigenvalue weighted by atomic mass is 16.7. The molecule has 0 radical (unpaired) electrons. The van der Waals surface area contributed by atoms with Gasteiger partial charge in [-0.25, -0.2) is 0 Å². The highest BCUT2D eigenvalue weighted by Crippen LogP contribution is 2.25. The van der Waals surface area contributed by atoms with Crippen LogP contribution >= 0.6 is 0 Å². The van der Waals surface area contributed by atoms with Gasteiger partial charge in [-0.1, -0.05) is 0 Å².